The predicted molar refractivity (Wildman–Crippen MR) is 214 cm³/mol. The van der Waals surface area contributed by atoms with Crippen LogP contribution in [-0.2, 0) is 35.1 Å². The number of ether oxygens (including phenoxy) is 2. The summed E-state index contributed by atoms with van der Waals surface area (Å²) in [5, 5.41) is 23.1. The zero-order valence-electron chi connectivity index (χ0n) is 34.4. The first-order valence-electron chi connectivity index (χ1n) is 19.5. The van der Waals surface area contributed by atoms with E-state index in [4.69, 9.17) is 9.47 Å². The van der Waals surface area contributed by atoms with Gasteiger partial charge in [0.05, 0.1) is 18.2 Å². The highest BCUT2D eigenvalue weighted by Gasteiger charge is 2.38. The van der Waals surface area contributed by atoms with Crippen LogP contribution in [0.1, 0.15) is 107 Å². The average molecular weight is 777 g/mol. The highest BCUT2D eigenvalue weighted by Crippen LogP contribution is 2.29. The molecule has 54 heavy (non-hydrogen) atoms. The van der Waals surface area contributed by atoms with Gasteiger partial charge in [0.2, 0.25) is 17.7 Å². The lowest BCUT2D eigenvalue weighted by molar-refractivity contribution is -0.160. The summed E-state index contributed by atoms with van der Waals surface area (Å²) >= 11 is 1.53. The fourth-order valence-electron chi connectivity index (χ4n) is 6.70. The van der Waals surface area contributed by atoms with Gasteiger partial charge in [0, 0.05) is 12.3 Å². The van der Waals surface area contributed by atoms with Crippen LogP contribution in [0, 0.1) is 29.6 Å². The van der Waals surface area contributed by atoms with Crippen LogP contribution in [0.15, 0.2) is 30.3 Å². The smallest absolute Gasteiger partial charge is 0.408 e. The molecule has 13 heteroatoms. The average Bonchev–Trinajstić information content (AvgIpc) is 3.06. The number of cyclic esters (lactones) is 1. The van der Waals surface area contributed by atoms with Gasteiger partial charge in [-0.15, -0.1) is 0 Å². The third-order valence-electron chi connectivity index (χ3n) is 9.52. The zero-order chi connectivity index (χ0) is 40.7. The van der Waals surface area contributed by atoms with E-state index in [1.54, 1.807) is 41.5 Å². The second-order valence-corrected chi connectivity index (χ2v) is 17.9. The van der Waals surface area contributed by atoms with Gasteiger partial charge in [-0.1, -0.05) is 78.8 Å². The van der Waals surface area contributed by atoms with Crippen molar-refractivity contribution in [3.8, 4) is 0 Å². The summed E-state index contributed by atoms with van der Waals surface area (Å²) in [5.74, 6) is -1.66. The molecule has 1 fully saturated rings. The highest BCUT2D eigenvalue weighted by atomic mass is 32.2. The van der Waals surface area contributed by atoms with Gasteiger partial charge in [-0.25, -0.2) is 4.79 Å². The van der Waals surface area contributed by atoms with Gasteiger partial charge in [-0.3, -0.25) is 19.2 Å². The molecule has 0 aliphatic carbocycles. The molecule has 0 spiro atoms. The molecular formula is C41H68N4O8S. The Hall–Kier alpha value is -3.32. The second kappa shape index (κ2) is 22.3. The maximum absolute atomic E-state index is 13.8. The number of benzene rings is 1. The van der Waals surface area contributed by atoms with Gasteiger partial charge >= 0.3 is 12.1 Å². The molecule has 4 amide bonds. The number of hydrogen-bond acceptors (Lipinski definition) is 9. The number of rotatable bonds is 20. The van der Waals surface area contributed by atoms with Crippen molar-refractivity contribution in [3.05, 3.63) is 35.9 Å². The number of thioether (sulfide) groups is 1. The SMILES string of the molecule is CSCC[C@H](NC(=O)[C@@H](NC(=O)OC(C)(C)C)C(C)C)C(=O)N[C@@H](CC(C)C)[C@@H](O)C[C@@H](C)C(=O)N[C@@H](C(C)C)[C@H]1C[C@H](Cc2ccccc2)CC(=O)O1. The third kappa shape index (κ3) is 16.6. The van der Waals surface area contributed by atoms with E-state index in [-0.39, 0.29) is 42.0 Å². The van der Waals surface area contributed by atoms with Crippen LogP contribution in [-0.4, -0.2) is 88.9 Å². The molecule has 1 aromatic rings. The van der Waals surface area contributed by atoms with Gasteiger partial charge in [0.1, 0.15) is 23.8 Å². The van der Waals surface area contributed by atoms with Crippen LogP contribution in [0.5, 0.6) is 0 Å². The van der Waals surface area contributed by atoms with Crippen molar-refractivity contribution in [2.45, 2.75) is 150 Å². The Bertz CT molecular complexity index is 1350. The van der Waals surface area contributed by atoms with Crippen molar-refractivity contribution in [3.63, 3.8) is 0 Å². The molecule has 1 aromatic carbocycles. The molecule has 1 aliphatic heterocycles. The molecule has 306 valence electrons. The quantitative estimate of drug-likeness (QED) is 0.109. The molecule has 1 heterocycles. The zero-order valence-corrected chi connectivity index (χ0v) is 35.2. The first-order valence-corrected chi connectivity index (χ1v) is 20.9. The lowest BCUT2D eigenvalue weighted by Crippen LogP contribution is -2.58. The van der Waals surface area contributed by atoms with Crippen LogP contribution < -0.4 is 21.3 Å². The Morgan fingerprint density at radius 1 is 0.889 bits per heavy atom. The predicted octanol–water partition coefficient (Wildman–Crippen LogP) is 5.40. The largest absolute Gasteiger partial charge is 0.460 e. The molecule has 8 atom stereocenters. The first-order chi connectivity index (χ1) is 25.2. The van der Waals surface area contributed by atoms with E-state index in [2.05, 4.69) is 21.3 Å². The molecule has 2 rings (SSSR count). The fraction of sp³-hybridized carbons (Fsp3) is 0.732. The van der Waals surface area contributed by atoms with Gasteiger partial charge < -0.3 is 35.8 Å². The summed E-state index contributed by atoms with van der Waals surface area (Å²) < 4.78 is 11.2. The third-order valence-corrected chi connectivity index (χ3v) is 10.2. The Balaban J connectivity index is 2.13. The molecule has 0 radical (unpaired) electrons. The molecule has 0 aromatic heterocycles. The van der Waals surface area contributed by atoms with Crippen molar-refractivity contribution < 1.29 is 38.6 Å². The van der Waals surface area contributed by atoms with Crippen molar-refractivity contribution >= 4 is 41.5 Å². The van der Waals surface area contributed by atoms with Gasteiger partial charge in [0.25, 0.3) is 0 Å². The maximum Gasteiger partial charge on any atom is 0.408 e. The first kappa shape index (κ1) is 46.8. The fourth-order valence-corrected chi connectivity index (χ4v) is 7.17. The van der Waals surface area contributed by atoms with E-state index < -0.39 is 65.8 Å². The molecule has 0 bridgehead atoms. The van der Waals surface area contributed by atoms with Crippen LogP contribution in [0.4, 0.5) is 4.79 Å². The molecule has 12 nitrogen and oxygen atoms in total. The summed E-state index contributed by atoms with van der Waals surface area (Å²) in [7, 11) is 0. The Morgan fingerprint density at radius 2 is 1.54 bits per heavy atom. The summed E-state index contributed by atoms with van der Waals surface area (Å²) in [4.78, 5) is 66.1. The molecule has 5 N–H and O–H groups in total. The number of amides is 4. The summed E-state index contributed by atoms with van der Waals surface area (Å²) in [6.45, 7) is 18.4. The van der Waals surface area contributed by atoms with Crippen LogP contribution in [0.25, 0.3) is 0 Å². The number of hydrogen-bond donors (Lipinski definition) is 5. The molecule has 0 unspecified atom stereocenters. The normalized spacial score (nSPS) is 19.6. The van der Waals surface area contributed by atoms with Crippen molar-refractivity contribution in [2.75, 3.05) is 12.0 Å². The number of alkyl carbamates (subject to hydrolysis) is 1. The molecule has 1 saturated heterocycles. The molecule has 0 saturated carbocycles. The van der Waals surface area contributed by atoms with Crippen molar-refractivity contribution in [1.29, 1.82) is 0 Å². The van der Waals surface area contributed by atoms with Crippen molar-refractivity contribution in [1.82, 2.24) is 21.3 Å². The van der Waals surface area contributed by atoms with Crippen molar-refractivity contribution in [2.24, 2.45) is 29.6 Å². The minimum Gasteiger partial charge on any atom is -0.460 e. The number of aliphatic hydroxyl groups excluding tert-OH is 1. The number of aliphatic hydroxyl groups is 1. The van der Waals surface area contributed by atoms with E-state index >= 15 is 0 Å². The lowest BCUT2D eigenvalue weighted by Gasteiger charge is -2.37. The summed E-state index contributed by atoms with van der Waals surface area (Å²) in [6, 6.07) is 7.05. The second-order valence-electron chi connectivity index (χ2n) is 17.0. The molecule has 1 aliphatic rings. The topological polar surface area (TPSA) is 172 Å². The molecular weight excluding hydrogens is 709 g/mol. The standard InChI is InChI=1S/C41H68N4O8S/c1-24(2)19-31(43-38(49)30(17-18-54-11)42-39(50)36(26(5)6)45-40(51)53-41(8,9)10)32(46)20-27(7)37(48)44-35(25(3)4)33-22-29(23-34(47)52-33)21-28-15-13-12-14-16-28/h12-16,24-27,29-33,35-36,46H,17-23H2,1-11H3,(H,42,50)(H,43,49)(H,44,48)(H,45,51)/t27-,29+,30+,31+,32+,33-,35+,36+/m1/s1. The van der Waals surface area contributed by atoms with E-state index in [0.29, 0.717) is 31.4 Å². The number of carbonyl (C=O) groups is 5. The number of esters is 1. The van der Waals surface area contributed by atoms with Crippen LogP contribution in [0.3, 0.4) is 0 Å². The van der Waals surface area contributed by atoms with Gasteiger partial charge in [-0.2, -0.15) is 11.8 Å². The summed E-state index contributed by atoms with van der Waals surface area (Å²) in [6.07, 6.45) is 2.19. The lowest BCUT2D eigenvalue weighted by atomic mass is 9.84. The van der Waals surface area contributed by atoms with E-state index in [1.165, 1.54) is 11.8 Å². The number of nitrogens with one attached hydrogen (secondary N) is 4. The van der Waals surface area contributed by atoms with Gasteiger partial charge in [-0.05, 0) is 94.1 Å². The van der Waals surface area contributed by atoms with Crippen LogP contribution in [0.2, 0.25) is 0 Å². The van der Waals surface area contributed by atoms with Gasteiger partial charge in [0.15, 0.2) is 0 Å². The van der Waals surface area contributed by atoms with Crippen LogP contribution >= 0.6 is 11.8 Å². The monoisotopic (exact) mass is 776 g/mol. The summed E-state index contributed by atoms with van der Waals surface area (Å²) in [5.41, 5.74) is 0.402. The Kier molecular flexibility index (Phi) is 19.3. The Morgan fingerprint density at radius 3 is 2.09 bits per heavy atom. The van der Waals surface area contributed by atoms with E-state index in [0.717, 1.165) is 12.0 Å². The minimum absolute atomic E-state index is 0.0182. The number of carbonyl (C=O) groups excluding carboxylic acids is 5. The van der Waals surface area contributed by atoms with E-state index in [1.807, 2.05) is 64.3 Å². The maximum atomic E-state index is 13.8. The van der Waals surface area contributed by atoms with E-state index in [9.17, 15) is 29.1 Å². The Labute approximate surface area is 327 Å². The highest BCUT2D eigenvalue weighted by molar-refractivity contribution is 7.98. The minimum atomic E-state index is -1.06.